The summed E-state index contributed by atoms with van der Waals surface area (Å²) in [4.78, 5) is 19.3. The second-order valence-corrected chi connectivity index (χ2v) is 6.60. The van der Waals surface area contributed by atoms with Crippen LogP contribution in [-0.2, 0) is 6.42 Å². The Balaban J connectivity index is 1.51. The molecule has 0 N–H and O–H groups in total. The van der Waals surface area contributed by atoms with Crippen molar-refractivity contribution in [3.63, 3.8) is 0 Å². The minimum Gasteiger partial charge on any atom is -0.304 e. The second kappa shape index (κ2) is 8.18. The summed E-state index contributed by atoms with van der Waals surface area (Å²) in [5, 5.41) is 10.7. The van der Waals surface area contributed by atoms with Gasteiger partial charge in [-0.1, -0.05) is 24.3 Å². The summed E-state index contributed by atoms with van der Waals surface area (Å²) in [5.74, 6) is 0. The molecule has 25 heavy (non-hydrogen) atoms. The molecule has 1 aliphatic rings. The fourth-order valence-corrected chi connectivity index (χ4v) is 3.09. The Bertz CT molecular complexity index is 692. The highest BCUT2D eigenvalue weighted by atomic mass is 16.6. The molecule has 1 saturated heterocycles. The topological polar surface area (TPSA) is 62.5 Å². The number of rotatable bonds is 6. The Morgan fingerprint density at radius 1 is 1.08 bits per heavy atom. The van der Waals surface area contributed by atoms with Crippen molar-refractivity contribution in [2.24, 2.45) is 0 Å². The molecule has 0 aliphatic carbocycles. The van der Waals surface area contributed by atoms with Crippen molar-refractivity contribution in [1.82, 2.24) is 14.8 Å². The molecular weight excluding hydrogens is 316 g/mol. The highest BCUT2D eigenvalue weighted by molar-refractivity contribution is 5.60. The molecule has 0 amide bonds. The number of nitro groups is 1. The number of hydrogen-bond acceptors (Lipinski definition) is 5. The third kappa shape index (κ3) is 4.84. The van der Waals surface area contributed by atoms with Crippen LogP contribution in [0.5, 0.6) is 0 Å². The van der Waals surface area contributed by atoms with Gasteiger partial charge in [0, 0.05) is 37.8 Å². The fourth-order valence-electron chi connectivity index (χ4n) is 3.09. The summed E-state index contributed by atoms with van der Waals surface area (Å²) in [5.41, 5.74) is 3.08. The first kappa shape index (κ1) is 17.5. The summed E-state index contributed by atoms with van der Waals surface area (Å²) >= 11 is 0. The maximum atomic E-state index is 10.7. The van der Waals surface area contributed by atoms with E-state index in [-0.39, 0.29) is 5.69 Å². The van der Waals surface area contributed by atoms with Crippen LogP contribution in [0.15, 0.2) is 42.6 Å². The number of piperazine rings is 1. The summed E-state index contributed by atoms with van der Waals surface area (Å²) < 4.78 is 0. The average Bonchev–Trinajstić information content (AvgIpc) is 2.64. The van der Waals surface area contributed by atoms with Gasteiger partial charge in [-0.05, 0) is 38.1 Å². The van der Waals surface area contributed by atoms with Gasteiger partial charge in [-0.25, -0.2) is 4.98 Å². The Kier molecular flexibility index (Phi) is 5.73. The molecule has 3 rings (SSSR count). The number of aryl methyl sites for hydroxylation is 1. The summed E-state index contributed by atoms with van der Waals surface area (Å²) in [6.45, 7) is 5.82. The molecule has 2 heterocycles. The first-order valence-electron chi connectivity index (χ1n) is 8.72. The van der Waals surface area contributed by atoms with E-state index in [0.717, 1.165) is 37.3 Å². The quantitative estimate of drug-likeness (QED) is 0.598. The lowest BCUT2D eigenvalue weighted by atomic mass is 10.0. The number of aromatic nitrogens is 1. The van der Waals surface area contributed by atoms with E-state index >= 15 is 0 Å². The van der Waals surface area contributed by atoms with E-state index in [4.69, 9.17) is 0 Å². The molecule has 0 radical (unpaired) electrons. The number of pyridine rings is 1. The van der Waals surface area contributed by atoms with Crippen LogP contribution in [0, 0.1) is 10.1 Å². The predicted molar refractivity (Wildman–Crippen MR) is 98.6 cm³/mol. The zero-order valence-electron chi connectivity index (χ0n) is 14.6. The van der Waals surface area contributed by atoms with E-state index < -0.39 is 4.92 Å². The van der Waals surface area contributed by atoms with Gasteiger partial charge in [0.25, 0.3) is 5.69 Å². The van der Waals surface area contributed by atoms with E-state index in [0.29, 0.717) is 0 Å². The zero-order valence-corrected chi connectivity index (χ0v) is 14.6. The molecule has 1 aromatic carbocycles. The van der Waals surface area contributed by atoms with Gasteiger partial charge in [-0.3, -0.25) is 10.1 Å². The molecule has 6 heteroatoms. The third-order valence-electron chi connectivity index (χ3n) is 4.74. The lowest BCUT2D eigenvalue weighted by molar-refractivity contribution is -0.385. The van der Waals surface area contributed by atoms with Crippen LogP contribution in [-0.4, -0.2) is 59.5 Å². The standard InChI is InChI=1S/C19H24N4O2/c1-21-11-13-22(14-12-21)10-2-3-16-4-6-17(7-5-16)19-9-8-18(15-20-19)23(24)25/h4-9,15H,2-3,10-14H2,1H3. The maximum Gasteiger partial charge on any atom is 0.287 e. The van der Waals surface area contributed by atoms with Gasteiger partial charge >= 0.3 is 0 Å². The first-order chi connectivity index (χ1) is 12.1. The van der Waals surface area contributed by atoms with E-state index in [9.17, 15) is 10.1 Å². The Morgan fingerprint density at radius 2 is 1.80 bits per heavy atom. The molecule has 132 valence electrons. The molecule has 0 spiro atoms. The van der Waals surface area contributed by atoms with Crippen molar-refractivity contribution in [1.29, 1.82) is 0 Å². The van der Waals surface area contributed by atoms with Gasteiger partial charge in [0.05, 0.1) is 10.6 Å². The van der Waals surface area contributed by atoms with Gasteiger partial charge in [-0.15, -0.1) is 0 Å². The van der Waals surface area contributed by atoms with E-state index in [1.807, 2.05) is 12.1 Å². The third-order valence-corrected chi connectivity index (χ3v) is 4.74. The van der Waals surface area contributed by atoms with Crippen molar-refractivity contribution in [2.45, 2.75) is 12.8 Å². The Labute approximate surface area is 148 Å². The highest BCUT2D eigenvalue weighted by Crippen LogP contribution is 2.20. The van der Waals surface area contributed by atoms with Crippen LogP contribution in [0.4, 0.5) is 5.69 Å². The zero-order chi connectivity index (χ0) is 17.6. The van der Waals surface area contributed by atoms with Crippen LogP contribution >= 0.6 is 0 Å². The van der Waals surface area contributed by atoms with Crippen molar-refractivity contribution < 1.29 is 4.92 Å². The molecule has 0 unspecified atom stereocenters. The van der Waals surface area contributed by atoms with Crippen LogP contribution in [0.2, 0.25) is 0 Å². The van der Waals surface area contributed by atoms with Crippen LogP contribution in [0.25, 0.3) is 11.3 Å². The van der Waals surface area contributed by atoms with Gasteiger partial charge in [-0.2, -0.15) is 0 Å². The lowest BCUT2D eigenvalue weighted by Gasteiger charge is -2.32. The maximum absolute atomic E-state index is 10.7. The lowest BCUT2D eigenvalue weighted by Crippen LogP contribution is -2.44. The summed E-state index contributed by atoms with van der Waals surface area (Å²) in [6, 6.07) is 11.5. The van der Waals surface area contributed by atoms with Crippen molar-refractivity contribution in [3.05, 3.63) is 58.3 Å². The normalized spacial score (nSPS) is 16.0. The highest BCUT2D eigenvalue weighted by Gasteiger charge is 2.13. The van der Waals surface area contributed by atoms with Crippen molar-refractivity contribution in [3.8, 4) is 11.3 Å². The average molecular weight is 340 g/mol. The molecule has 1 aliphatic heterocycles. The predicted octanol–water partition coefficient (Wildman–Crippen LogP) is 2.84. The van der Waals surface area contributed by atoms with Gasteiger partial charge in [0.1, 0.15) is 6.20 Å². The van der Waals surface area contributed by atoms with E-state index in [2.05, 4.69) is 34.0 Å². The molecule has 1 fully saturated rings. The van der Waals surface area contributed by atoms with E-state index in [1.54, 1.807) is 6.07 Å². The minimum atomic E-state index is -0.430. The summed E-state index contributed by atoms with van der Waals surface area (Å²) in [6.07, 6.45) is 3.54. The monoisotopic (exact) mass is 340 g/mol. The Hall–Kier alpha value is -2.31. The minimum absolute atomic E-state index is 0.0178. The molecule has 0 atom stereocenters. The molecule has 1 aromatic heterocycles. The van der Waals surface area contributed by atoms with Crippen molar-refractivity contribution in [2.75, 3.05) is 39.8 Å². The molecule has 6 nitrogen and oxygen atoms in total. The van der Waals surface area contributed by atoms with Gasteiger partial charge < -0.3 is 9.80 Å². The van der Waals surface area contributed by atoms with Crippen LogP contribution in [0.1, 0.15) is 12.0 Å². The molecule has 2 aromatic rings. The largest absolute Gasteiger partial charge is 0.304 e. The number of nitrogens with zero attached hydrogens (tertiary/aromatic N) is 4. The SMILES string of the molecule is CN1CCN(CCCc2ccc(-c3ccc([N+](=O)[O-])cn3)cc2)CC1. The Morgan fingerprint density at radius 3 is 2.40 bits per heavy atom. The molecule has 0 saturated carbocycles. The van der Waals surface area contributed by atoms with Crippen LogP contribution < -0.4 is 0 Å². The number of likely N-dealkylation sites (N-methyl/N-ethyl adjacent to an activating group) is 1. The van der Waals surface area contributed by atoms with Gasteiger partial charge in [0.2, 0.25) is 0 Å². The summed E-state index contributed by atoms with van der Waals surface area (Å²) in [7, 11) is 2.18. The second-order valence-electron chi connectivity index (χ2n) is 6.60. The smallest absolute Gasteiger partial charge is 0.287 e. The van der Waals surface area contributed by atoms with Crippen molar-refractivity contribution >= 4 is 5.69 Å². The molecular formula is C19H24N4O2. The molecule has 0 bridgehead atoms. The van der Waals surface area contributed by atoms with Crippen LogP contribution in [0.3, 0.4) is 0 Å². The first-order valence-corrected chi connectivity index (χ1v) is 8.72. The fraction of sp³-hybridized carbons (Fsp3) is 0.421. The van der Waals surface area contributed by atoms with E-state index in [1.165, 1.54) is 37.3 Å². The number of hydrogen-bond donors (Lipinski definition) is 0. The van der Waals surface area contributed by atoms with Gasteiger partial charge in [0.15, 0.2) is 0 Å². The number of benzene rings is 1.